The van der Waals surface area contributed by atoms with E-state index in [-0.39, 0.29) is 5.91 Å². The van der Waals surface area contributed by atoms with E-state index >= 15 is 0 Å². The summed E-state index contributed by atoms with van der Waals surface area (Å²) in [6.07, 6.45) is 2.62. The minimum absolute atomic E-state index is 0.0427. The number of nitrogens with zero attached hydrogens (tertiary/aromatic N) is 1. The second-order valence-electron chi connectivity index (χ2n) is 6.33. The molecule has 1 saturated heterocycles. The molecule has 28 heavy (non-hydrogen) atoms. The number of para-hydroxylation sites is 1. The predicted molar refractivity (Wildman–Crippen MR) is 119 cm³/mol. The van der Waals surface area contributed by atoms with Gasteiger partial charge in [-0.2, -0.15) is 0 Å². The Morgan fingerprint density at radius 3 is 2.64 bits per heavy atom. The third kappa shape index (κ3) is 5.14. The Balaban J connectivity index is 1.56. The highest BCUT2D eigenvalue weighted by atomic mass is 32.2. The number of thioether (sulfide) groups is 1. The number of ether oxygens (including phenoxy) is 2. The number of likely N-dealkylation sites (N-methyl/N-ethyl adjacent to an activating group) is 1. The van der Waals surface area contributed by atoms with E-state index in [1.807, 2.05) is 68.5 Å². The van der Waals surface area contributed by atoms with Crippen molar-refractivity contribution in [2.45, 2.75) is 20.3 Å². The Hall–Kier alpha value is -2.31. The van der Waals surface area contributed by atoms with Crippen LogP contribution in [0.3, 0.4) is 0 Å². The zero-order valence-electron chi connectivity index (χ0n) is 16.0. The van der Waals surface area contributed by atoms with Gasteiger partial charge in [-0.1, -0.05) is 54.3 Å². The van der Waals surface area contributed by atoms with Crippen molar-refractivity contribution in [1.29, 1.82) is 0 Å². The first-order chi connectivity index (χ1) is 13.6. The first kappa shape index (κ1) is 20.4. The summed E-state index contributed by atoms with van der Waals surface area (Å²) < 4.78 is 12.3. The highest BCUT2D eigenvalue weighted by Gasteiger charge is 2.30. The van der Waals surface area contributed by atoms with Crippen LogP contribution in [0.5, 0.6) is 11.5 Å². The molecule has 1 heterocycles. The zero-order valence-corrected chi connectivity index (χ0v) is 17.6. The van der Waals surface area contributed by atoms with E-state index in [0.29, 0.717) is 29.0 Å². The smallest absolute Gasteiger partial charge is 0.266 e. The monoisotopic (exact) mass is 413 g/mol. The Morgan fingerprint density at radius 2 is 1.89 bits per heavy atom. The summed E-state index contributed by atoms with van der Waals surface area (Å²) in [7, 11) is 0. The fourth-order valence-electron chi connectivity index (χ4n) is 2.78. The molecule has 146 valence electrons. The van der Waals surface area contributed by atoms with Crippen LogP contribution in [0.25, 0.3) is 6.08 Å². The van der Waals surface area contributed by atoms with Gasteiger partial charge in [0.15, 0.2) is 0 Å². The van der Waals surface area contributed by atoms with Gasteiger partial charge in [-0.3, -0.25) is 9.69 Å². The number of hydrogen-bond donors (Lipinski definition) is 0. The molecule has 1 fully saturated rings. The lowest BCUT2D eigenvalue weighted by atomic mass is 10.2. The first-order valence-electron chi connectivity index (χ1n) is 9.25. The predicted octanol–water partition coefficient (Wildman–Crippen LogP) is 5.06. The number of hydrogen-bond acceptors (Lipinski definition) is 5. The summed E-state index contributed by atoms with van der Waals surface area (Å²) in [6.45, 7) is 5.67. The van der Waals surface area contributed by atoms with Crippen molar-refractivity contribution in [3.8, 4) is 11.5 Å². The van der Waals surface area contributed by atoms with Crippen LogP contribution in [0.2, 0.25) is 0 Å². The van der Waals surface area contributed by atoms with Gasteiger partial charge in [0.25, 0.3) is 5.91 Å². The Bertz CT molecular complexity index is 895. The lowest BCUT2D eigenvalue weighted by molar-refractivity contribution is -0.121. The molecule has 0 radical (unpaired) electrons. The molecule has 2 aromatic rings. The minimum atomic E-state index is -0.0427. The topological polar surface area (TPSA) is 38.8 Å². The lowest BCUT2D eigenvalue weighted by Gasteiger charge is -2.11. The number of carbonyl (C=O) groups is 1. The molecule has 1 amide bonds. The molecule has 0 atom stereocenters. The van der Waals surface area contributed by atoms with Crippen LogP contribution in [0.1, 0.15) is 24.5 Å². The van der Waals surface area contributed by atoms with Crippen LogP contribution in [-0.2, 0) is 4.79 Å². The minimum Gasteiger partial charge on any atom is -0.493 e. The second-order valence-corrected chi connectivity index (χ2v) is 8.01. The molecule has 0 spiro atoms. The Morgan fingerprint density at radius 1 is 1.11 bits per heavy atom. The summed E-state index contributed by atoms with van der Waals surface area (Å²) in [6, 6.07) is 15.7. The van der Waals surface area contributed by atoms with Crippen molar-refractivity contribution in [2.75, 3.05) is 19.8 Å². The molecule has 0 unspecified atom stereocenters. The van der Waals surface area contributed by atoms with Crippen LogP contribution < -0.4 is 9.47 Å². The Labute approximate surface area is 175 Å². The summed E-state index contributed by atoms with van der Waals surface area (Å²) in [5.74, 6) is 1.58. The highest BCUT2D eigenvalue weighted by Crippen LogP contribution is 2.34. The van der Waals surface area contributed by atoms with Crippen molar-refractivity contribution in [1.82, 2.24) is 4.90 Å². The number of aryl methyl sites for hydroxylation is 1. The number of benzene rings is 2. The van der Waals surface area contributed by atoms with Gasteiger partial charge < -0.3 is 9.47 Å². The number of thiocarbonyl (C=S) groups is 1. The number of amides is 1. The quantitative estimate of drug-likeness (QED) is 0.343. The fraction of sp³-hybridized carbons (Fsp3) is 0.273. The zero-order chi connectivity index (χ0) is 19.9. The van der Waals surface area contributed by atoms with E-state index in [0.717, 1.165) is 23.5 Å². The summed E-state index contributed by atoms with van der Waals surface area (Å²) in [5.41, 5.74) is 2.05. The molecule has 0 saturated carbocycles. The molecule has 2 aromatic carbocycles. The highest BCUT2D eigenvalue weighted by molar-refractivity contribution is 8.26. The van der Waals surface area contributed by atoms with Gasteiger partial charge in [0.05, 0.1) is 18.1 Å². The second kappa shape index (κ2) is 9.75. The third-order valence-electron chi connectivity index (χ3n) is 4.20. The fourth-order valence-corrected chi connectivity index (χ4v) is 4.16. The van der Waals surface area contributed by atoms with Gasteiger partial charge in [-0.15, -0.1) is 0 Å². The molecule has 3 rings (SSSR count). The lowest BCUT2D eigenvalue weighted by Crippen LogP contribution is -2.27. The maximum absolute atomic E-state index is 12.4. The van der Waals surface area contributed by atoms with Gasteiger partial charge >= 0.3 is 0 Å². The van der Waals surface area contributed by atoms with Gasteiger partial charge in [-0.05, 0) is 43.7 Å². The molecular weight excluding hydrogens is 390 g/mol. The number of rotatable bonds is 8. The van der Waals surface area contributed by atoms with Crippen LogP contribution in [0.4, 0.5) is 0 Å². The maximum Gasteiger partial charge on any atom is 0.266 e. The van der Waals surface area contributed by atoms with Gasteiger partial charge in [-0.25, -0.2) is 0 Å². The van der Waals surface area contributed by atoms with Gasteiger partial charge in [0.1, 0.15) is 15.8 Å². The van der Waals surface area contributed by atoms with Gasteiger partial charge in [0, 0.05) is 18.5 Å². The Kier molecular flexibility index (Phi) is 7.12. The average Bonchev–Trinajstić information content (AvgIpc) is 2.95. The SMILES string of the molecule is CCN1C(=O)/C(=C\c2ccccc2OCCCOc2cccc(C)c2)SC1=S. The normalized spacial score (nSPS) is 15.4. The van der Waals surface area contributed by atoms with E-state index in [4.69, 9.17) is 21.7 Å². The third-order valence-corrected chi connectivity index (χ3v) is 5.58. The molecule has 1 aliphatic rings. The largest absolute Gasteiger partial charge is 0.493 e. The van der Waals surface area contributed by atoms with Crippen LogP contribution >= 0.6 is 24.0 Å². The summed E-state index contributed by atoms with van der Waals surface area (Å²) in [4.78, 5) is 14.7. The van der Waals surface area contributed by atoms with Crippen LogP contribution in [-0.4, -0.2) is 34.9 Å². The van der Waals surface area contributed by atoms with Crippen molar-refractivity contribution < 1.29 is 14.3 Å². The van der Waals surface area contributed by atoms with Crippen molar-refractivity contribution in [3.05, 3.63) is 64.6 Å². The van der Waals surface area contributed by atoms with E-state index in [9.17, 15) is 4.79 Å². The molecular formula is C22H23NO3S2. The number of carbonyl (C=O) groups excluding carboxylic acids is 1. The van der Waals surface area contributed by atoms with Crippen molar-refractivity contribution >= 4 is 40.3 Å². The molecule has 6 heteroatoms. The summed E-state index contributed by atoms with van der Waals surface area (Å²) in [5, 5.41) is 0. The van der Waals surface area contributed by atoms with E-state index in [1.165, 1.54) is 17.3 Å². The average molecular weight is 414 g/mol. The first-order valence-corrected chi connectivity index (χ1v) is 10.5. The van der Waals surface area contributed by atoms with E-state index < -0.39 is 0 Å². The maximum atomic E-state index is 12.4. The van der Waals surface area contributed by atoms with Gasteiger partial charge in [0.2, 0.25) is 0 Å². The molecule has 0 N–H and O–H groups in total. The molecule has 4 nitrogen and oxygen atoms in total. The molecule has 1 aliphatic heterocycles. The summed E-state index contributed by atoms with van der Waals surface area (Å²) >= 11 is 6.61. The van der Waals surface area contributed by atoms with E-state index in [1.54, 1.807) is 4.90 Å². The van der Waals surface area contributed by atoms with Crippen molar-refractivity contribution in [2.24, 2.45) is 0 Å². The standard InChI is InChI=1S/C22H23NO3S2/c1-3-23-21(24)20(28-22(23)27)15-17-9-4-5-11-19(17)26-13-7-12-25-18-10-6-8-16(2)14-18/h4-6,8-11,14-15H,3,7,12-13H2,1-2H3/b20-15+. The molecule has 0 aliphatic carbocycles. The molecule has 0 bridgehead atoms. The molecule has 0 aromatic heterocycles. The van der Waals surface area contributed by atoms with Crippen LogP contribution in [0, 0.1) is 6.92 Å². The van der Waals surface area contributed by atoms with E-state index in [2.05, 4.69) is 0 Å². The van der Waals surface area contributed by atoms with Crippen LogP contribution in [0.15, 0.2) is 53.4 Å². The van der Waals surface area contributed by atoms with Crippen molar-refractivity contribution in [3.63, 3.8) is 0 Å².